The summed E-state index contributed by atoms with van der Waals surface area (Å²) >= 11 is 0. The summed E-state index contributed by atoms with van der Waals surface area (Å²) in [5.41, 5.74) is 2.47. The van der Waals surface area contributed by atoms with Gasteiger partial charge in [0, 0.05) is 0 Å². The van der Waals surface area contributed by atoms with Crippen molar-refractivity contribution in [3.05, 3.63) is 65.7 Å². The Labute approximate surface area is 116 Å². The fourth-order valence-electron chi connectivity index (χ4n) is 2.15. The van der Waals surface area contributed by atoms with Crippen molar-refractivity contribution in [1.82, 2.24) is 0 Å². The molecule has 0 radical (unpaired) electrons. The lowest BCUT2D eigenvalue weighted by atomic mass is 10.1. The Bertz CT molecular complexity index is 534. The van der Waals surface area contributed by atoms with E-state index in [1.54, 1.807) is 0 Å². The maximum Gasteiger partial charge on any atom is 0.337 e. The van der Waals surface area contributed by atoms with E-state index in [1.165, 1.54) is 17.9 Å². The molecule has 0 saturated heterocycles. The highest BCUT2D eigenvalue weighted by Gasteiger charge is 2.09. The van der Waals surface area contributed by atoms with Crippen LogP contribution in [0.3, 0.4) is 0 Å². The second-order valence-electron chi connectivity index (χ2n) is 4.70. The van der Waals surface area contributed by atoms with Crippen molar-refractivity contribution < 1.29 is 9.53 Å². The summed E-state index contributed by atoms with van der Waals surface area (Å²) in [7, 11) is 1.07. The number of ether oxygens (including phenoxy) is 1. The van der Waals surface area contributed by atoms with E-state index in [1.807, 2.05) is 30.3 Å². The molecular weight excluding hydrogens is 252 g/mol. The zero-order valence-electron chi connectivity index (χ0n) is 11.3. The Morgan fingerprint density at radius 3 is 2.26 bits per heavy atom. The molecule has 0 heterocycles. The van der Waals surface area contributed by atoms with Gasteiger partial charge in [0.25, 0.3) is 0 Å². The van der Waals surface area contributed by atoms with Gasteiger partial charge >= 0.3 is 5.97 Å². The largest absolute Gasteiger partial charge is 0.465 e. The van der Waals surface area contributed by atoms with Crippen LogP contribution in [0.25, 0.3) is 0 Å². The lowest BCUT2D eigenvalue weighted by molar-refractivity contribution is 0.0600. The normalized spacial score (nSPS) is 12.5. The fourth-order valence-corrected chi connectivity index (χ4v) is 3.91. The molecule has 2 aromatic carbocycles. The van der Waals surface area contributed by atoms with Crippen molar-refractivity contribution in [3.8, 4) is 0 Å². The average Bonchev–Trinajstić information content (AvgIpc) is 2.47. The molecule has 0 aromatic heterocycles. The first-order valence-corrected chi connectivity index (χ1v) is 7.95. The Morgan fingerprint density at radius 1 is 1.05 bits per heavy atom. The summed E-state index contributed by atoms with van der Waals surface area (Å²) in [4.78, 5) is 11.4. The summed E-state index contributed by atoms with van der Waals surface area (Å²) in [6.07, 6.45) is 0. The topological polar surface area (TPSA) is 26.3 Å². The van der Waals surface area contributed by atoms with Crippen molar-refractivity contribution in [3.63, 3.8) is 0 Å². The van der Waals surface area contributed by atoms with Gasteiger partial charge in [-0.15, -0.1) is 0 Å². The third-order valence-electron chi connectivity index (χ3n) is 3.29. The lowest BCUT2D eigenvalue weighted by Crippen LogP contribution is -2.19. The number of carbonyl (C=O) groups excluding carboxylic acids is 1. The van der Waals surface area contributed by atoms with Crippen LogP contribution in [-0.4, -0.2) is 22.6 Å². The van der Waals surface area contributed by atoms with Crippen LogP contribution in [0.15, 0.2) is 54.6 Å². The molecule has 0 spiro atoms. The summed E-state index contributed by atoms with van der Waals surface area (Å²) in [6.45, 7) is 2.26. The zero-order chi connectivity index (χ0) is 13.7. The quantitative estimate of drug-likeness (QED) is 0.628. The zero-order valence-corrected chi connectivity index (χ0v) is 12.7. The minimum absolute atomic E-state index is 0.278. The lowest BCUT2D eigenvalue weighted by Gasteiger charge is -2.11. The first-order chi connectivity index (χ1) is 9.20. The first kappa shape index (κ1) is 13.6. The van der Waals surface area contributed by atoms with Crippen LogP contribution in [-0.2, 0) is 4.74 Å². The minimum Gasteiger partial charge on any atom is -0.465 e. The molecule has 0 saturated carbocycles. The molecular formula is C16H18O2Si. The van der Waals surface area contributed by atoms with E-state index in [4.69, 9.17) is 4.74 Å². The number of methoxy groups -OCH3 is 1. The van der Waals surface area contributed by atoms with E-state index < -0.39 is 0 Å². The molecule has 0 fully saturated rings. The van der Waals surface area contributed by atoms with Crippen LogP contribution in [0.2, 0.25) is 0 Å². The van der Waals surface area contributed by atoms with Gasteiger partial charge in [-0.3, -0.25) is 0 Å². The number of rotatable bonds is 4. The highest BCUT2D eigenvalue weighted by Crippen LogP contribution is 2.15. The van der Waals surface area contributed by atoms with Gasteiger partial charge in [0.2, 0.25) is 0 Å². The van der Waals surface area contributed by atoms with Crippen LogP contribution in [0.1, 0.15) is 28.4 Å². The summed E-state index contributed by atoms with van der Waals surface area (Å²) in [5, 5.41) is 1.46. The first-order valence-electron chi connectivity index (χ1n) is 6.43. The highest BCUT2D eigenvalue weighted by atomic mass is 28.2. The molecule has 0 aliphatic carbocycles. The fraction of sp³-hybridized carbons (Fsp3) is 0.188. The molecule has 98 valence electrons. The third-order valence-corrected chi connectivity index (χ3v) is 5.31. The number of carbonyl (C=O) groups is 1. The van der Waals surface area contributed by atoms with Crippen molar-refractivity contribution in [2.45, 2.75) is 12.5 Å². The second kappa shape index (κ2) is 6.34. The van der Waals surface area contributed by atoms with Crippen molar-refractivity contribution in [2.24, 2.45) is 0 Å². The van der Waals surface area contributed by atoms with E-state index in [2.05, 4.69) is 31.2 Å². The molecule has 1 unspecified atom stereocenters. The van der Waals surface area contributed by atoms with E-state index in [0.29, 0.717) is 11.1 Å². The van der Waals surface area contributed by atoms with Crippen LogP contribution in [0.4, 0.5) is 0 Å². The molecule has 2 aromatic rings. The van der Waals surface area contributed by atoms with Crippen molar-refractivity contribution in [1.29, 1.82) is 0 Å². The van der Waals surface area contributed by atoms with Crippen molar-refractivity contribution >= 4 is 20.7 Å². The van der Waals surface area contributed by atoms with Crippen LogP contribution in [0.5, 0.6) is 0 Å². The Balaban J connectivity index is 2.07. The monoisotopic (exact) mass is 270 g/mol. The number of hydrogen-bond acceptors (Lipinski definition) is 2. The molecule has 2 rings (SSSR count). The maximum absolute atomic E-state index is 11.4. The van der Waals surface area contributed by atoms with E-state index in [0.717, 1.165) is 0 Å². The Kier molecular flexibility index (Phi) is 4.52. The van der Waals surface area contributed by atoms with E-state index in [9.17, 15) is 4.79 Å². The Morgan fingerprint density at radius 2 is 1.68 bits per heavy atom. The third kappa shape index (κ3) is 3.55. The van der Waals surface area contributed by atoms with Gasteiger partial charge < -0.3 is 4.74 Å². The average molecular weight is 270 g/mol. The second-order valence-corrected chi connectivity index (χ2v) is 7.15. The smallest absolute Gasteiger partial charge is 0.337 e. The Hall–Kier alpha value is -1.87. The molecule has 0 aliphatic heterocycles. The molecule has 0 N–H and O–H groups in total. The number of esters is 1. The van der Waals surface area contributed by atoms with Gasteiger partial charge in [0.05, 0.1) is 22.2 Å². The van der Waals surface area contributed by atoms with Gasteiger partial charge in [0.15, 0.2) is 0 Å². The van der Waals surface area contributed by atoms with E-state index >= 15 is 0 Å². The summed E-state index contributed by atoms with van der Waals surface area (Å²) in [5.74, 6) is -0.278. The molecule has 2 nitrogen and oxygen atoms in total. The predicted octanol–water partition coefficient (Wildman–Crippen LogP) is 2.03. The van der Waals surface area contributed by atoms with Gasteiger partial charge in [-0.25, -0.2) is 4.79 Å². The molecule has 0 bridgehead atoms. The molecule has 3 heteroatoms. The SMILES string of the molecule is COC(=O)c1ccc(C(C)[SiH2]c2ccccc2)cc1. The van der Waals surface area contributed by atoms with Gasteiger partial charge in [0.1, 0.15) is 0 Å². The van der Waals surface area contributed by atoms with Gasteiger partial charge in [-0.2, -0.15) is 0 Å². The molecule has 0 amide bonds. The number of hydrogen-bond donors (Lipinski definition) is 0. The summed E-state index contributed by atoms with van der Waals surface area (Å²) in [6, 6.07) is 18.4. The standard InChI is InChI=1S/C16H18O2Si/c1-12(19-15-6-4-3-5-7-15)13-8-10-14(11-9-13)16(17)18-2/h3-12H,19H2,1-2H3. The van der Waals surface area contributed by atoms with Crippen molar-refractivity contribution in [2.75, 3.05) is 7.11 Å². The van der Waals surface area contributed by atoms with Crippen LogP contribution < -0.4 is 5.19 Å². The van der Waals surface area contributed by atoms with Crippen LogP contribution >= 0.6 is 0 Å². The molecule has 1 atom stereocenters. The van der Waals surface area contributed by atoms with E-state index in [-0.39, 0.29) is 15.5 Å². The van der Waals surface area contributed by atoms with Gasteiger partial charge in [-0.05, 0) is 23.2 Å². The molecule has 19 heavy (non-hydrogen) atoms. The highest BCUT2D eigenvalue weighted by molar-refractivity contribution is 6.54. The molecule has 0 aliphatic rings. The van der Waals surface area contributed by atoms with Crippen LogP contribution in [0, 0.1) is 0 Å². The number of benzene rings is 2. The van der Waals surface area contributed by atoms with Gasteiger partial charge in [-0.1, -0.05) is 54.6 Å². The maximum atomic E-state index is 11.4. The predicted molar refractivity (Wildman–Crippen MR) is 80.8 cm³/mol. The summed E-state index contributed by atoms with van der Waals surface area (Å²) < 4.78 is 4.70. The minimum atomic E-state index is -0.338.